The number of hydrogen-bond acceptors (Lipinski definition) is 5. The standard InChI is InChI=1S/C33H42O5/c1-21-19-26-27(14-17-32(5)28(26)15-18-33(32,22(2)34)38-23(3)35)31(4)16-13-25(20-29(21)31)37-30(36)12-11-24-9-7-6-8-10-24/h6-10,19-20,25-28H,11-18H2,1-5H3/t25-,26+,27-,28+,31+,32-,33-/m0/s1. The maximum Gasteiger partial charge on any atom is 0.306 e. The van der Waals surface area contributed by atoms with Crippen LogP contribution in [0.2, 0.25) is 0 Å². The number of fused-ring (bicyclic) bond motifs is 5. The van der Waals surface area contributed by atoms with E-state index >= 15 is 0 Å². The molecule has 4 aliphatic carbocycles. The third-order valence-electron chi connectivity index (χ3n) is 10.7. The maximum absolute atomic E-state index is 13.0. The first-order valence-electron chi connectivity index (χ1n) is 14.4. The molecule has 0 N–H and O–H groups in total. The second kappa shape index (κ2) is 9.81. The van der Waals surface area contributed by atoms with Crippen molar-refractivity contribution in [3.05, 3.63) is 59.2 Å². The highest BCUT2D eigenvalue weighted by atomic mass is 16.6. The monoisotopic (exact) mass is 518 g/mol. The first-order chi connectivity index (χ1) is 18.0. The number of carbonyl (C=O) groups is 3. The summed E-state index contributed by atoms with van der Waals surface area (Å²) in [5.74, 6) is 0.580. The molecule has 7 atom stereocenters. The number of allylic oxidation sites excluding steroid dienone is 3. The number of carbonyl (C=O) groups excluding carboxylic acids is 3. The largest absolute Gasteiger partial charge is 0.458 e. The minimum absolute atomic E-state index is 0.0146. The number of hydrogen-bond donors (Lipinski definition) is 0. The summed E-state index contributed by atoms with van der Waals surface area (Å²) >= 11 is 0. The number of rotatable bonds is 6. The van der Waals surface area contributed by atoms with E-state index in [1.807, 2.05) is 30.3 Å². The van der Waals surface area contributed by atoms with E-state index in [0.29, 0.717) is 37.0 Å². The van der Waals surface area contributed by atoms with Crippen LogP contribution in [0.1, 0.15) is 85.1 Å². The van der Waals surface area contributed by atoms with Crippen molar-refractivity contribution in [2.75, 3.05) is 0 Å². The van der Waals surface area contributed by atoms with Crippen LogP contribution in [0.25, 0.3) is 0 Å². The van der Waals surface area contributed by atoms with Crippen molar-refractivity contribution < 1.29 is 23.9 Å². The van der Waals surface area contributed by atoms with Crippen molar-refractivity contribution in [3.8, 4) is 0 Å². The van der Waals surface area contributed by atoms with Gasteiger partial charge in [0, 0.05) is 18.8 Å². The normalized spacial score (nSPS) is 37.6. The van der Waals surface area contributed by atoms with E-state index in [9.17, 15) is 14.4 Å². The number of benzene rings is 1. The van der Waals surface area contributed by atoms with Crippen LogP contribution in [0, 0.1) is 28.6 Å². The van der Waals surface area contributed by atoms with Crippen LogP contribution >= 0.6 is 0 Å². The average Bonchev–Trinajstić information content (AvgIpc) is 3.17. The predicted octanol–water partition coefficient (Wildman–Crippen LogP) is 6.55. The Bertz CT molecular complexity index is 1180. The lowest BCUT2D eigenvalue weighted by molar-refractivity contribution is -0.185. The minimum Gasteiger partial charge on any atom is -0.458 e. The molecule has 5 nitrogen and oxygen atoms in total. The molecule has 2 saturated carbocycles. The molecule has 2 fully saturated rings. The summed E-state index contributed by atoms with van der Waals surface area (Å²) in [7, 11) is 0. The summed E-state index contributed by atoms with van der Waals surface area (Å²) in [4.78, 5) is 37.7. The molecular weight excluding hydrogens is 476 g/mol. The smallest absolute Gasteiger partial charge is 0.306 e. The summed E-state index contributed by atoms with van der Waals surface area (Å²) in [6.07, 6.45) is 10.7. The maximum atomic E-state index is 13.0. The van der Waals surface area contributed by atoms with Gasteiger partial charge in [-0.15, -0.1) is 0 Å². The number of ether oxygens (including phenoxy) is 2. The Morgan fingerprint density at radius 3 is 2.32 bits per heavy atom. The quantitative estimate of drug-likeness (QED) is 0.399. The molecule has 0 aliphatic heterocycles. The lowest BCUT2D eigenvalue weighted by atomic mass is 9.47. The highest BCUT2D eigenvalue weighted by Gasteiger charge is 2.67. The molecule has 4 aliphatic rings. The molecule has 0 radical (unpaired) electrons. The Balaban J connectivity index is 1.36. The number of esters is 2. The Hall–Kier alpha value is -2.69. The van der Waals surface area contributed by atoms with Gasteiger partial charge in [0.25, 0.3) is 0 Å². The lowest BCUT2D eigenvalue weighted by Gasteiger charge is -2.58. The molecular formula is C33H42O5. The van der Waals surface area contributed by atoms with E-state index in [0.717, 1.165) is 37.7 Å². The molecule has 204 valence electrons. The van der Waals surface area contributed by atoms with Gasteiger partial charge in [-0.05, 0) is 99.2 Å². The third kappa shape index (κ3) is 4.26. The number of ketones is 1. The zero-order valence-corrected chi connectivity index (χ0v) is 23.5. The molecule has 5 rings (SSSR count). The van der Waals surface area contributed by atoms with Crippen molar-refractivity contribution in [1.29, 1.82) is 0 Å². The molecule has 38 heavy (non-hydrogen) atoms. The van der Waals surface area contributed by atoms with Gasteiger partial charge in [0.2, 0.25) is 0 Å². The van der Waals surface area contributed by atoms with Crippen LogP contribution in [0.4, 0.5) is 0 Å². The van der Waals surface area contributed by atoms with Crippen LogP contribution in [0.5, 0.6) is 0 Å². The minimum atomic E-state index is -1.02. The van der Waals surface area contributed by atoms with Gasteiger partial charge in [0.15, 0.2) is 11.4 Å². The predicted molar refractivity (Wildman–Crippen MR) is 146 cm³/mol. The van der Waals surface area contributed by atoms with E-state index in [1.165, 1.54) is 18.1 Å². The SMILES string of the molecule is CC(=O)O[C@]1(C(C)=O)CC[C@@H]2[C@@H]3C=C(C)C4=C[C@@H](OC(=O)CCc5ccccc5)CC[C@]4(C)[C@H]3CC[C@@]21C. The highest BCUT2D eigenvalue weighted by molar-refractivity contribution is 5.89. The van der Waals surface area contributed by atoms with E-state index < -0.39 is 5.60 Å². The van der Waals surface area contributed by atoms with E-state index in [4.69, 9.17) is 9.47 Å². The van der Waals surface area contributed by atoms with Crippen molar-refractivity contribution in [3.63, 3.8) is 0 Å². The van der Waals surface area contributed by atoms with Gasteiger partial charge in [-0.3, -0.25) is 14.4 Å². The third-order valence-corrected chi connectivity index (χ3v) is 10.7. The van der Waals surface area contributed by atoms with Crippen molar-refractivity contribution in [1.82, 2.24) is 0 Å². The fraction of sp³-hybridized carbons (Fsp3) is 0.606. The molecule has 5 heteroatoms. The molecule has 0 spiro atoms. The lowest BCUT2D eigenvalue weighted by Crippen LogP contribution is -2.58. The Kier molecular flexibility index (Phi) is 6.94. The van der Waals surface area contributed by atoms with Gasteiger partial charge in [-0.2, -0.15) is 0 Å². The second-order valence-electron chi connectivity index (χ2n) is 12.7. The van der Waals surface area contributed by atoms with Crippen LogP contribution in [0.3, 0.4) is 0 Å². The van der Waals surface area contributed by atoms with Crippen molar-refractivity contribution in [2.24, 2.45) is 28.6 Å². The van der Waals surface area contributed by atoms with Gasteiger partial charge < -0.3 is 9.47 Å². The van der Waals surface area contributed by atoms with E-state index in [1.54, 1.807) is 6.92 Å². The molecule has 0 unspecified atom stereocenters. The fourth-order valence-electron chi connectivity index (χ4n) is 8.83. The Labute approximate surface area is 227 Å². The van der Waals surface area contributed by atoms with Crippen LogP contribution in [-0.2, 0) is 30.3 Å². The molecule has 0 heterocycles. The molecule has 0 amide bonds. The van der Waals surface area contributed by atoms with Crippen molar-refractivity contribution >= 4 is 17.7 Å². The second-order valence-corrected chi connectivity index (χ2v) is 12.7. The summed E-state index contributed by atoms with van der Waals surface area (Å²) in [5, 5.41) is 0. The topological polar surface area (TPSA) is 69.7 Å². The fourth-order valence-corrected chi connectivity index (χ4v) is 8.83. The van der Waals surface area contributed by atoms with Gasteiger partial charge in [0.05, 0.1) is 0 Å². The van der Waals surface area contributed by atoms with Gasteiger partial charge in [-0.25, -0.2) is 0 Å². The van der Waals surface area contributed by atoms with Gasteiger partial charge >= 0.3 is 11.9 Å². The highest BCUT2D eigenvalue weighted by Crippen LogP contribution is 2.68. The van der Waals surface area contributed by atoms with Crippen LogP contribution in [-0.4, -0.2) is 29.4 Å². The summed E-state index contributed by atoms with van der Waals surface area (Å²) in [5.41, 5.74) is 2.38. The Morgan fingerprint density at radius 1 is 0.921 bits per heavy atom. The first-order valence-corrected chi connectivity index (χ1v) is 14.4. The number of aryl methyl sites for hydroxylation is 1. The molecule has 0 saturated heterocycles. The summed E-state index contributed by atoms with van der Waals surface area (Å²) in [6, 6.07) is 10.1. The summed E-state index contributed by atoms with van der Waals surface area (Å²) < 4.78 is 11.8. The zero-order valence-electron chi connectivity index (χ0n) is 23.5. The Morgan fingerprint density at radius 2 is 1.63 bits per heavy atom. The first kappa shape index (κ1) is 26.9. The van der Waals surface area contributed by atoms with E-state index in [2.05, 4.69) is 32.9 Å². The molecule has 1 aromatic carbocycles. The van der Waals surface area contributed by atoms with Crippen LogP contribution in [0.15, 0.2) is 53.6 Å². The molecule has 0 bridgehead atoms. The van der Waals surface area contributed by atoms with E-state index in [-0.39, 0.29) is 34.7 Å². The molecule has 0 aromatic heterocycles. The van der Waals surface area contributed by atoms with Crippen molar-refractivity contribution in [2.45, 2.75) is 97.7 Å². The zero-order chi connectivity index (χ0) is 27.3. The summed E-state index contributed by atoms with van der Waals surface area (Å²) in [6.45, 7) is 9.78. The number of Topliss-reactive ketones (excluding diaryl/α,β-unsaturated/α-hetero) is 1. The van der Waals surface area contributed by atoms with Crippen LogP contribution < -0.4 is 0 Å². The average molecular weight is 519 g/mol. The van der Waals surface area contributed by atoms with Gasteiger partial charge in [0.1, 0.15) is 6.10 Å². The molecule has 1 aromatic rings. The van der Waals surface area contributed by atoms with Gasteiger partial charge in [-0.1, -0.05) is 55.8 Å².